The number of carbonyl (C=O) groups excluding carboxylic acids is 2. The number of methoxy groups -OCH3 is 1. The lowest BCUT2D eigenvalue weighted by Gasteiger charge is -2.22. The minimum Gasteiger partial charge on any atom is -0.507 e. The van der Waals surface area contributed by atoms with Crippen molar-refractivity contribution in [2.24, 2.45) is 0 Å². The van der Waals surface area contributed by atoms with Crippen LogP contribution in [-0.2, 0) is 15.3 Å². The summed E-state index contributed by atoms with van der Waals surface area (Å²) in [6.07, 6.45) is 0. The Hall–Kier alpha value is -3.73. The number of aliphatic hydroxyl groups excluding tert-OH is 1. The molecule has 0 spiro atoms. The zero-order valence-electron chi connectivity index (χ0n) is 19.8. The maximum absolute atomic E-state index is 13.3. The van der Waals surface area contributed by atoms with Crippen LogP contribution in [0.5, 0.6) is 5.75 Å². The number of nitrogens with zero attached hydrogens (tertiary/aromatic N) is 3. The molecule has 2 heterocycles. The quantitative estimate of drug-likeness (QED) is 0.0926. The van der Waals surface area contributed by atoms with Crippen LogP contribution >= 0.6 is 34.7 Å². The van der Waals surface area contributed by atoms with E-state index in [1.807, 2.05) is 0 Å². The van der Waals surface area contributed by atoms with Gasteiger partial charge in [-0.25, -0.2) is 4.39 Å². The molecule has 3 aromatic carbocycles. The first-order valence-corrected chi connectivity index (χ1v) is 13.5. The van der Waals surface area contributed by atoms with Gasteiger partial charge in [-0.1, -0.05) is 59.0 Å². The van der Waals surface area contributed by atoms with Crippen molar-refractivity contribution in [3.63, 3.8) is 0 Å². The molecule has 1 saturated heterocycles. The zero-order valence-corrected chi connectivity index (χ0v) is 22.2. The number of ether oxygens (including phenoxy) is 1. The van der Waals surface area contributed by atoms with Gasteiger partial charge in [-0.2, -0.15) is 0 Å². The summed E-state index contributed by atoms with van der Waals surface area (Å²) in [4.78, 5) is 27.8. The maximum Gasteiger partial charge on any atom is 0.301 e. The van der Waals surface area contributed by atoms with Gasteiger partial charge in [-0.05, 0) is 59.7 Å². The number of carbonyl (C=O) groups is 2. The first kappa shape index (κ1) is 25.9. The fourth-order valence-corrected chi connectivity index (χ4v) is 5.93. The lowest BCUT2D eigenvalue weighted by molar-refractivity contribution is -0.132. The van der Waals surface area contributed by atoms with Crippen molar-refractivity contribution in [1.82, 2.24) is 10.2 Å². The fraction of sp³-hybridized carbons (Fsp3) is 0.111. The van der Waals surface area contributed by atoms with E-state index >= 15 is 0 Å². The second-order valence-electron chi connectivity index (χ2n) is 8.21. The molecule has 1 amide bonds. The normalized spacial score (nSPS) is 16.7. The Labute approximate surface area is 230 Å². The first-order valence-electron chi connectivity index (χ1n) is 11.3. The Morgan fingerprint density at radius 1 is 1.05 bits per heavy atom. The van der Waals surface area contributed by atoms with Gasteiger partial charge in [0.15, 0.2) is 4.34 Å². The van der Waals surface area contributed by atoms with E-state index in [-0.39, 0.29) is 22.3 Å². The lowest BCUT2D eigenvalue weighted by Crippen LogP contribution is -2.29. The van der Waals surface area contributed by atoms with E-state index in [4.69, 9.17) is 16.3 Å². The highest BCUT2D eigenvalue weighted by molar-refractivity contribution is 8.00. The number of anilines is 1. The summed E-state index contributed by atoms with van der Waals surface area (Å²) in [6, 6.07) is 18.4. The molecule has 1 aliphatic rings. The zero-order chi connectivity index (χ0) is 26.8. The number of halogens is 2. The maximum atomic E-state index is 13.3. The Morgan fingerprint density at radius 2 is 1.74 bits per heavy atom. The molecule has 0 bridgehead atoms. The number of hydrogen-bond acceptors (Lipinski definition) is 8. The van der Waals surface area contributed by atoms with E-state index in [1.54, 1.807) is 60.7 Å². The molecule has 1 atom stereocenters. The number of benzene rings is 3. The van der Waals surface area contributed by atoms with E-state index in [0.29, 0.717) is 32.0 Å². The Kier molecular flexibility index (Phi) is 7.46. The number of hydrogen-bond donors (Lipinski definition) is 1. The van der Waals surface area contributed by atoms with Crippen molar-refractivity contribution in [2.75, 3.05) is 12.0 Å². The molecular formula is C27H19ClFN3O4S2. The minimum absolute atomic E-state index is 0.0711. The third-order valence-corrected chi connectivity index (χ3v) is 8.25. The van der Waals surface area contributed by atoms with Crippen molar-refractivity contribution in [3.05, 3.63) is 106 Å². The van der Waals surface area contributed by atoms with Crippen LogP contribution in [0.3, 0.4) is 0 Å². The average Bonchev–Trinajstić information content (AvgIpc) is 3.50. The van der Waals surface area contributed by atoms with E-state index in [0.717, 1.165) is 16.9 Å². The predicted octanol–water partition coefficient (Wildman–Crippen LogP) is 6.26. The summed E-state index contributed by atoms with van der Waals surface area (Å²) in [5.74, 6) is -1.20. The molecule has 1 fully saturated rings. The third-order valence-electron chi connectivity index (χ3n) is 5.87. The van der Waals surface area contributed by atoms with Gasteiger partial charge in [-0.3, -0.25) is 14.5 Å². The van der Waals surface area contributed by atoms with E-state index < -0.39 is 17.7 Å². The van der Waals surface area contributed by atoms with Crippen molar-refractivity contribution in [2.45, 2.75) is 16.1 Å². The summed E-state index contributed by atoms with van der Waals surface area (Å²) < 4.78 is 18.9. The minimum atomic E-state index is -0.947. The van der Waals surface area contributed by atoms with Crippen LogP contribution in [0.2, 0.25) is 5.02 Å². The van der Waals surface area contributed by atoms with Crippen LogP contribution in [0, 0.1) is 5.82 Å². The van der Waals surface area contributed by atoms with Gasteiger partial charge in [0.25, 0.3) is 5.78 Å². The molecule has 5 rings (SSSR count). The Balaban J connectivity index is 1.52. The molecule has 7 nitrogen and oxygen atoms in total. The molecule has 0 radical (unpaired) electrons. The standard InChI is InChI=1S/C27H19ClFN3O4S2/c1-36-20-12-6-17(7-13-20)23(33)21-22(16-4-8-18(28)9-5-16)32(25(35)24(21)34)26-30-31-27(38-26)37-14-15-2-10-19(29)11-3-15/h2-13,22,33H,14H2,1H3/b23-21-. The number of Topliss-reactive ketones (excluding diaryl/α,β-unsaturated/α-hetero) is 1. The molecule has 1 unspecified atom stereocenters. The van der Waals surface area contributed by atoms with Crippen molar-refractivity contribution in [3.8, 4) is 5.75 Å². The Morgan fingerprint density at radius 3 is 2.39 bits per heavy atom. The van der Waals surface area contributed by atoms with E-state index in [1.165, 1.54) is 35.9 Å². The number of aliphatic hydroxyl groups is 1. The molecule has 1 aromatic heterocycles. The van der Waals surface area contributed by atoms with Crippen LogP contribution in [0.25, 0.3) is 5.76 Å². The first-order chi connectivity index (χ1) is 18.4. The summed E-state index contributed by atoms with van der Waals surface area (Å²) in [5, 5.41) is 20.3. The molecule has 0 saturated carbocycles. The van der Waals surface area contributed by atoms with Crippen LogP contribution in [0.15, 0.2) is 82.7 Å². The monoisotopic (exact) mass is 567 g/mol. The lowest BCUT2D eigenvalue weighted by atomic mass is 9.95. The number of ketones is 1. The number of rotatable bonds is 7. The van der Waals surface area contributed by atoms with Crippen LogP contribution < -0.4 is 9.64 Å². The van der Waals surface area contributed by atoms with Gasteiger partial charge < -0.3 is 9.84 Å². The summed E-state index contributed by atoms with van der Waals surface area (Å²) >= 11 is 8.61. The summed E-state index contributed by atoms with van der Waals surface area (Å²) in [7, 11) is 1.52. The van der Waals surface area contributed by atoms with Crippen LogP contribution in [0.1, 0.15) is 22.7 Å². The topological polar surface area (TPSA) is 92.6 Å². The smallest absolute Gasteiger partial charge is 0.301 e. The van der Waals surface area contributed by atoms with Gasteiger partial charge in [0, 0.05) is 16.3 Å². The predicted molar refractivity (Wildman–Crippen MR) is 145 cm³/mol. The Bertz CT molecular complexity index is 1520. The molecule has 1 aliphatic heterocycles. The van der Waals surface area contributed by atoms with Crippen LogP contribution in [-0.4, -0.2) is 34.1 Å². The van der Waals surface area contributed by atoms with E-state index in [9.17, 15) is 19.1 Å². The van der Waals surface area contributed by atoms with Crippen molar-refractivity contribution in [1.29, 1.82) is 0 Å². The molecular weight excluding hydrogens is 549 g/mol. The second kappa shape index (κ2) is 10.9. The second-order valence-corrected chi connectivity index (χ2v) is 10.8. The fourth-order valence-electron chi connectivity index (χ4n) is 3.98. The molecule has 0 aliphatic carbocycles. The average molecular weight is 568 g/mol. The van der Waals surface area contributed by atoms with Gasteiger partial charge in [0.05, 0.1) is 18.7 Å². The highest BCUT2D eigenvalue weighted by Crippen LogP contribution is 2.44. The molecule has 1 N–H and O–H groups in total. The largest absolute Gasteiger partial charge is 0.507 e. The number of thioether (sulfide) groups is 1. The van der Waals surface area contributed by atoms with Crippen molar-refractivity contribution >= 4 is 57.3 Å². The van der Waals surface area contributed by atoms with Gasteiger partial charge in [0.2, 0.25) is 5.13 Å². The third kappa shape index (κ3) is 5.15. The highest BCUT2D eigenvalue weighted by Gasteiger charge is 2.48. The number of amides is 1. The summed E-state index contributed by atoms with van der Waals surface area (Å²) in [6.45, 7) is 0. The van der Waals surface area contributed by atoms with Gasteiger partial charge in [-0.15, -0.1) is 10.2 Å². The molecule has 192 valence electrons. The van der Waals surface area contributed by atoms with Gasteiger partial charge in [0.1, 0.15) is 17.3 Å². The highest BCUT2D eigenvalue weighted by atomic mass is 35.5. The molecule has 4 aromatic rings. The summed E-state index contributed by atoms with van der Waals surface area (Å²) in [5.41, 5.74) is 1.75. The van der Waals surface area contributed by atoms with Gasteiger partial charge >= 0.3 is 5.91 Å². The molecule has 38 heavy (non-hydrogen) atoms. The van der Waals surface area contributed by atoms with Crippen molar-refractivity contribution < 1.29 is 23.8 Å². The molecule has 11 heteroatoms. The van der Waals surface area contributed by atoms with E-state index in [2.05, 4.69) is 10.2 Å². The van der Waals surface area contributed by atoms with Crippen LogP contribution in [0.4, 0.5) is 9.52 Å². The SMILES string of the molecule is COc1ccc(/C(O)=C2/C(=O)C(=O)N(c3nnc(SCc4ccc(F)cc4)s3)C2c2ccc(Cl)cc2)cc1. The number of aromatic nitrogens is 2.